The van der Waals surface area contributed by atoms with E-state index < -0.39 is 0 Å². The maximum absolute atomic E-state index is 10.4. The maximum atomic E-state index is 10.4. The van der Waals surface area contributed by atoms with Crippen molar-refractivity contribution in [2.75, 3.05) is 0 Å². The molecule has 1 aliphatic heterocycles. The minimum atomic E-state index is -0.129. The molecule has 0 unspecified atom stereocenters. The number of fused-ring (bicyclic) bond motifs is 1. The first-order valence-corrected chi connectivity index (χ1v) is 12.7. The summed E-state index contributed by atoms with van der Waals surface area (Å²) < 4.78 is 6.57. The quantitative estimate of drug-likeness (QED) is 0.392. The lowest BCUT2D eigenvalue weighted by atomic mass is 9.85. The van der Waals surface area contributed by atoms with Crippen LogP contribution in [0.25, 0.3) is 0 Å². The molecular formula is C30H44O2. The van der Waals surface area contributed by atoms with Gasteiger partial charge in [0.25, 0.3) is 0 Å². The second-order valence-electron chi connectivity index (χ2n) is 10.5. The van der Waals surface area contributed by atoms with E-state index >= 15 is 0 Å². The zero-order valence-corrected chi connectivity index (χ0v) is 21.4. The van der Waals surface area contributed by atoms with Gasteiger partial charge in [-0.3, -0.25) is 0 Å². The minimum absolute atomic E-state index is 0.129. The highest BCUT2D eigenvalue weighted by molar-refractivity contribution is 5.58. The van der Waals surface area contributed by atoms with Crippen LogP contribution in [0.4, 0.5) is 0 Å². The number of hydrogen-bond acceptors (Lipinski definition) is 2. The van der Waals surface area contributed by atoms with Gasteiger partial charge in [0, 0.05) is 5.56 Å². The van der Waals surface area contributed by atoms with E-state index in [1.165, 1.54) is 48.8 Å². The van der Waals surface area contributed by atoms with E-state index in [0.29, 0.717) is 5.75 Å². The van der Waals surface area contributed by atoms with Crippen molar-refractivity contribution in [2.45, 2.75) is 118 Å². The molecule has 1 fully saturated rings. The minimum Gasteiger partial charge on any atom is -0.507 e. The molecule has 1 atom stereocenters. The van der Waals surface area contributed by atoms with Crippen LogP contribution in [0, 0.1) is 20.8 Å². The van der Waals surface area contributed by atoms with Crippen molar-refractivity contribution in [3.05, 3.63) is 57.2 Å². The van der Waals surface area contributed by atoms with Gasteiger partial charge in [-0.15, -0.1) is 0 Å². The molecule has 0 aromatic heterocycles. The van der Waals surface area contributed by atoms with Crippen LogP contribution in [0.5, 0.6) is 11.5 Å². The molecule has 0 amide bonds. The molecule has 2 heteroatoms. The highest BCUT2D eigenvalue weighted by atomic mass is 16.5. The van der Waals surface area contributed by atoms with Crippen molar-refractivity contribution in [3.8, 4) is 11.5 Å². The number of phenols is 1. The van der Waals surface area contributed by atoms with E-state index in [1.54, 1.807) is 5.57 Å². The maximum Gasteiger partial charge on any atom is 0.127 e. The largest absolute Gasteiger partial charge is 0.507 e. The van der Waals surface area contributed by atoms with Gasteiger partial charge in [-0.1, -0.05) is 34.9 Å². The van der Waals surface area contributed by atoms with E-state index in [1.807, 2.05) is 13.8 Å². The van der Waals surface area contributed by atoms with Crippen LogP contribution in [-0.2, 0) is 6.42 Å². The average Bonchev–Trinajstić information content (AvgIpc) is 2.72. The molecular weight excluding hydrogens is 392 g/mol. The molecule has 1 heterocycles. The molecule has 0 spiro atoms. The van der Waals surface area contributed by atoms with E-state index in [0.717, 1.165) is 61.0 Å². The first-order valence-electron chi connectivity index (χ1n) is 12.7. The van der Waals surface area contributed by atoms with Crippen molar-refractivity contribution in [1.82, 2.24) is 0 Å². The van der Waals surface area contributed by atoms with Crippen LogP contribution < -0.4 is 4.74 Å². The first-order chi connectivity index (χ1) is 15.2. The molecule has 1 N–H and O–H groups in total. The van der Waals surface area contributed by atoms with Gasteiger partial charge >= 0.3 is 0 Å². The molecule has 32 heavy (non-hydrogen) atoms. The van der Waals surface area contributed by atoms with Crippen LogP contribution in [0.1, 0.15) is 107 Å². The van der Waals surface area contributed by atoms with Crippen molar-refractivity contribution >= 4 is 0 Å². The number of benzene rings is 1. The van der Waals surface area contributed by atoms with Crippen LogP contribution in [-0.4, -0.2) is 10.7 Å². The third kappa shape index (κ3) is 6.09. The van der Waals surface area contributed by atoms with Gasteiger partial charge in [0.1, 0.15) is 17.1 Å². The Morgan fingerprint density at radius 2 is 1.56 bits per heavy atom. The summed E-state index contributed by atoms with van der Waals surface area (Å²) in [6, 6.07) is 0. The SMILES string of the molecule is C/C(=C\CC/C(C)=C/CC[C@]1(C)CCc2c(C)c(O)c(C)c(C)c2O1)CCC=C1CCC1. The molecule has 1 aromatic carbocycles. The first kappa shape index (κ1) is 24.7. The average molecular weight is 437 g/mol. The van der Waals surface area contributed by atoms with Crippen LogP contribution in [0.3, 0.4) is 0 Å². The second kappa shape index (κ2) is 10.8. The fourth-order valence-electron chi connectivity index (χ4n) is 4.93. The Morgan fingerprint density at radius 1 is 0.906 bits per heavy atom. The summed E-state index contributed by atoms with van der Waals surface area (Å²) in [7, 11) is 0. The van der Waals surface area contributed by atoms with Crippen molar-refractivity contribution in [3.63, 3.8) is 0 Å². The van der Waals surface area contributed by atoms with Gasteiger partial charge in [0.05, 0.1) is 0 Å². The summed E-state index contributed by atoms with van der Waals surface area (Å²) in [4.78, 5) is 0. The summed E-state index contributed by atoms with van der Waals surface area (Å²) in [6.45, 7) is 12.9. The Bertz CT molecular complexity index is 909. The molecule has 1 aliphatic carbocycles. The Balaban J connectivity index is 1.46. The van der Waals surface area contributed by atoms with Gasteiger partial charge in [0.2, 0.25) is 0 Å². The van der Waals surface area contributed by atoms with Gasteiger partial charge < -0.3 is 9.84 Å². The third-order valence-corrected chi connectivity index (χ3v) is 7.76. The van der Waals surface area contributed by atoms with E-state index in [4.69, 9.17) is 4.74 Å². The fraction of sp³-hybridized carbons (Fsp3) is 0.600. The highest BCUT2D eigenvalue weighted by Gasteiger charge is 2.33. The van der Waals surface area contributed by atoms with Gasteiger partial charge in [-0.2, -0.15) is 0 Å². The Morgan fingerprint density at radius 3 is 2.22 bits per heavy atom. The van der Waals surface area contributed by atoms with Gasteiger partial charge in [-0.05, 0) is 129 Å². The topological polar surface area (TPSA) is 29.5 Å². The molecule has 1 aromatic rings. The van der Waals surface area contributed by atoms with Crippen molar-refractivity contribution in [1.29, 1.82) is 0 Å². The highest BCUT2D eigenvalue weighted by Crippen LogP contribution is 2.44. The summed E-state index contributed by atoms with van der Waals surface area (Å²) >= 11 is 0. The molecule has 2 nitrogen and oxygen atoms in total. The predicted molar refractivity (Wildman–Crippen MR) is 137 cm³/mol. The van der Waals surface area contributed by atoms with E-state index in [2.05, 4.69) is 45.9 Å². The summed E-state index contributed by atoms with van der Waals surface area (Å²) in [5.74, 6) is 1.45. The zero-order valence-electron chi connectivity index (χ0n) is 21.4. The monoisotopic (exact) mass is 436 g/mol. The number of hydrogen-bond donors (Lipinski definition) is 1. The lowest BCUT2D eigenvalue weighted by molar-refractivity contribution is 0.0558. The molecule has 0 radical (unpaired) electrons. The van der Waals surface area contributed by atoms with Crippen LogP contribution in [0.2, 0.25) is 0 Å². The van der Waals surface area contributed by atoms with Gasteiger partial charge in [0.15, 0.2) is 0 Å². The van der Waals surface area contributed by atoms with E-state index in [9.17, 15) is 5.11 Å². The normalized spacial score (nSPS) is 21.1. The molecule has 3 rings (SSSR count). The van der Waals surface area contributed by atoms with Gasteiger partial charge in [-0.25, -0.2) is 0 Å². The predicted octanol–water partition coefficient (Wildman–Crippen LogP) is 8.74. The third-order valence-electron chi connectivity index (χ3n) is 7.76. The summed E-state index contributed by atoms with van der Waals surface area (Å²) in [6.07, 6.45) is 20.2. The van der Waals surface area contributed by atoms with Crippen molar-refractivity contribution < 1.29 is 9.84 Å². The number of aromatic hydroxyl groups is 1. The standard InChI is InChI=1S/C30H44O2/c1-21(13-8-15-26-16-9-17-26)11-7-12-22(2)14-10-19-30(6)20-18-27-25(5)28(31)23(3)24(4)29(27)32-30/h11,14-15,31H,7-10,12-13,16-20H2,1-6H3/b21-11+,22-14+/t30-/m1/s1. The Kier molecular flexibility index (Phi) is 8.31. The Labute approximate surface area is 196 Å². The molecule has 1 saturated carbocycles. The molecule has 0 bridgehead atoms. The second-order valence-corrected chi connectivity index (χ2v) is 10.5. The number of allylic oxidation sites excluding steroid dienone is 6. The number of phenolic OH excluding ortho intramolecular Hbond substituents is 1. The summed E-state index contributed by atoms with van der Waals surface area (Å²) in [5, 5.41) is 10.4. The smallest absolute Gasteiger partial charge is 0.127 e. The zero-order chi connectivity index (χ0) is 23.3. The Hall–Kier alpha value is -1.96. The lowest BCUT2D eigenvalue weighted by Crippen LogP contribution is -2.37. The molecule has 176 valence electrons. The van der Waals surface area contributed by atoms with Crippen molar-refractivity contribution in [2.24, 2.45) is 0 Å². The summed E-state index contributed by atoms with van der Waals surface area (Å²) in [5.41, 5.74) is 8.78. The lowest BCUT2D eigenvalue weighted by Gasteiger charge is -2.38. The fourth-order valence-corrected chi connectivity index (χ4v) is 4.93. The number of ether oxygens (including phenoxy) is 1. The molecule has 2 aliphatic rings. The van der Waals surface area contributed by atoms with E-state index in [-0.39, 0.29) is 5.60 Å². The molecule has 0 saturated heterocycles. The number of rotatable bonds is 9. The van der Waals surface area contributed by atoms with Crippen LogP contribution >= 0.6 is 0 Å². The van der Waals surface area contributed by atoms with Crippen LogP contribution in [0.15, 0.2) is 34.9 Å².